The van der Waals surface area contributed by atoms with Crippen LogP contribution in [0.1, 0.15) is 40.0 Å². The fourth-order valence-electron chi connectivity index (χ4n) is 2.80. The first-order chi connectivity index (χ1) is 9.11. The van der Waals surface area contributed by atoms with Crippen LogP contribution in [-0.4, -0.2) is 18.7 Å². The lowest BCUT2D eigenvalue weighted by Crippen LogP contribution is -2.63. The second-order valence-electron chi connectivity index (χ2n) is 5.64. The van der Waals surface area contributed by atoms with Crippen molar-refractivity contribution in [3.8, 4) is 5.75 Å². The first kappa shape index (κ1) is 15.1. The second-order valence-corrected chi connectivity index (χ2v) is 6.80. The Bertz CT molecular complexity index is 423. The molecule has 3 unspecified atom stereocenters. The van der Waals surface area contributed by atoms with Crippen LogP contribution in [0.4, 0.5) is 0 Å². The van der Waals surface area contributed by atoms with Gasteiger partial charge < -0.3 is 10.1 Å². The lowest BCUT2D eigenvalue weighted by atomic mass is 9.61. The number of hydrogen-bond acceptors (Lipinski definition) is 2. The van der Waals surface area contributed by atoms with Crippen molar-refractivity contribution < 1.29 is 4.74 Å². The lowest BCUT2D eigenvalue weighted by Gasteiger charge is -2.53. The van der Waals surface area contributed by atoms with E-state index in [9.17, 15) is 0 Å². The molecular weight excluding hydrogens is 349 g/mol. The SMILES string of the molecule is CCCNC1CC(Oc2ccccc2I)C1(C)CC. The predicted octanol–water partition coefficient (Wildman–Crippen LogP) is 4.23. The maximum absolute atomic E-state index is 6.25. The van der Waals surface area contributed by atoms with Gasteiger partial charge in [0.1, 0.15) is 11.9 Å². The normalized spacial score (nSPS) is 29.9. The average molecular weight is 373 g/mol. The van der Waals surface area contributed by atoms with E-state index in [1.54, 1.807) is 0 Å². The average Bonchev–Trinajstić information content (AvgIpc) is 2.42. The summed E-state index contributed by atoms with van der Waals surface area (Å²) in [5.74, 6) is 1.03. The summed E-state index contributed by atoms with van der Waals surface area (Å²) in [6.07, 6.45) is 3.80. The zero-order valence-corrected chi connectivity index (χ0v) is 14.2. The van der Waals surface area contributed by atoms with E-state index in [-0.39, 0.29) is 5.41 Å². The highest BCUT2D eigenvalue weighted by Gasteiger charge is 2.51. The van der Waals surface area contributed by atoms with Gasteiger partial charge in [-0.3, -0.25) is 0 Å². The topological polar surface area (TPSA) is 21.3 Å². The fourth-order valence-corrected chi connectivity index (χ4v) is 3.32. The molecule has 0 aromatic heterocycles. The monoisotopic (exact) mass is 373 g/mol. The zero-order valence-electron chi connectivity index (χ0n) is 12.1. The van der Waals surface area contributed by atoms with Crippen molar-refractivity contribution >= 4 is 22.6 Å². The molecule has 1 fully saturated rings. The summed E-state index contributed by atoms with van der Waals surface area (Å²) in [6.45, 7) is 7.95. The molecule has 1 aliphatic rings. The first-order valence-corrected chi connectivity index (χ1v) is 8.34. The molecule has 2 nitrogen and oxygen atoms in total. The third-order valence-corrected chi connectivity index (χ3v) is 5.38. The van der Waals surface area contributed by atoms with Crippen molar-refractivity contribution in [3.05, 3.63) is 27.8 Å². The zero-order chi connectivity index (χ0) is 13.9. The van der Waals surface area contributed by atoms with Gasteiger partial charge in [-0.2, -0.15) is 0 Å². The van der Waals surface area contributed by atoms with E-state index in [1.807, 2.05) is 6.07 Å². The molecule has 0 heterocycles. The van der Waals surface area contributed by atoms with Gasteiger partial charge in [0.15, 0.2) is 0 Å². The molecule has 0 bridgehead atoms. The van der Waals surface area contributed by atoms with E-state index in [0.717, 1.165) is 25.1 Å². The molecule has 0 spiro atoms. The van der Waals surface area contributed by atoms with Gasteiger partial charge >= 0.3 is 0 Å². The smallest absolute Gasteiger partial charge is 0.133 e. The Balaban J connectivity index is 2.01. The first-order valence-electron chi connectivity index (χ1n) is 7.26. The molecule has 19 heavy (non-hydrogen) atoms. The molecule has 1 N–H and O–H groups in total. The second kappa shape index (κ2) is 6.44. The van der Waals surface area contributed by atoms with Crippen LogP contribution in [0.5, 0.6) is 5.75 Å². The van der Waals surface area contributed by atoms with Gasteiger partial charge in [-0.15, -0.1) is 0 Å². The van der Waals surface area contributed by atoms with Crippen molar-refractivity contribution in [1.82, 2.24) is 5.32 Å². The van der Waals surface area contributed by atoms with Crippen molar-refractivity contribution in [2.24, 2.45) is 5.41 Å². The summed E-state index contributed by atoms with van der Waals surface area (Å²) in [4.78, 5) is 0. The van der Waals surface area contributed by atoms with Crippen molar-refractivity contribution in [2.45, 2.75) is 52.2 Å². The molecule has 3 heteroatoms. The van der Waals surface area contributed by atoms with Crippen molar-refractivity contribution in [3.63, 3.8) is 0 Å². The number of benzene rings is 1. The van der Waals surface area contributed by atoms with E-state index in [0.29, 0.717) is 12.1 Å². The van der Waals surface area contributed by atoms with Crippen molar-refractivity contribution in [2.75, 3.05) is 6.54 Å². The summed E-state index contributed by atoms with van der Waals surface area (Å²) in [5.41, 5.74) is 0.258. The van der Waals surface area contributed by atoms with Gasteiger partial charge in [0.05, 0.1) is 3.57 Å². The molecule has 0 radical (unpaired) electrons. The molecule has 3 atom stereocenters. The van der Waals surface area contributed by atoms with Crippen LogP contribution in [0.25, 0.3) is 0 Å². The highest BCUT2D eigenvalue weighted by molar-refractivity contribution is 14.1. The highest BCUT2D eigenvalue weighted by atomic mass is 127. The maximum atomic E-state index is 6.25. The van der Waals surface area contributed by atoms with E-state index in [4.69, 9.17) is 4.74 Å². The van der Waals surface area contributed by atoms with Crippen LogP contribution in [0, 0.1) is 8.99 Å². The Morgan fingerprint density at radius 3 is 2.74 bits per heavy atom. The molecule has 106 valence electrons. The van der Waals surface area contributed by atoms with Gasteiger partial charge in [0.2, 0.25) is 0 Å². The van der Waals surface area contributed by atoms with E-state index in [1.165, 1.54) is 9.99 Å². The summed E-state index contributed by atoms with van der Waals surface area (Å²) in [7, 11) is 0. The van der Waals surface area contributed by atoms with Crippen LogP contribution in [-0.2, 0) is 0 Å². The van der Waals surface area contributed by atoms with E-state index in [2.05, 4.69) is 66.9 Å². The molecule has 0 amide bonds. The van der Waals surface area contributed by atoms with Crippen LogP contribution in [0.15, 0.2) is 24.3 Å². The molecule has 2 rings (SSSR count). The summed E-state index contributed by atoms with van der Waals surface area (Å²) in [5, 5.41) is 3.66. The van der Waals surface area contributed by atoms with Crippen LogP contribution < -0.4 is 10.1 Å². The quantitative estimate of drug-likeness (QED) is 0.754. The van der Waals surface area contributed by atoms with Gasteiger partial charge in [0.25, 0.3) is 0 Å². The molecule has 1 aromatic rings. The van der Waals surface area contributed by atoms with E-state index >= 15 is 0 Å². The number of hydrogen-bond donors (Lipinski definition) is 1. The molecule has 0 saturated heterocycles. The molecule has 1 aromatic carbocycles. The Morgan fingerprint density at radius 1 is 1.37 bits per heavy atom. The Morgan fingerprint density at radius 2 is 2.11 bits per heavy atom. The standard InChI is InChI=1S/C16H24INO/c1-4-10-18-14-11-15(16(14,3)5-2)19-13-9-7-6-8-12(13)17/h6-9,14-15,18H,4-5,10-11H2,1-3H3. The number of rotatable bonds is 6. The van der Waals surface area contributed by atoms with E-state index < -0.39 is 0 Å². The Labute approximate surface area is 130 Å². The van der Waals surface area contributed by atoms with Crippen LogP contribution >= 0.6 is 22.6 Å². The molecular formula is C16H24INO. The maximum Gasteiger partial charge on any atom is 0.133 e. The fraction of sp³-hybridized carbons (Fsp3) is 0.625. The van der Waals surface area contributed by atoms with Crippen LogP contribution in [0.2, 0.25) is 0 Å². The van der Waals surface area contributed by atoms with Crippen molar-refractivity contribution in [1.29, 1.82) is 0 Å². The summed E-state index contributed by atoms with van der Waals surface area (Å²) < 4.78 is 7.45. The minimum Gasteiger partial charge on any atom is -0.489 e. The largest absolute Gasteiger partial charge is 0.489 e. The number of para-hydroxylation sites is 1. The molecule has 1 saturated carbocycles. The predicted molar refractivity (Wildman–Crippen MR) is 88.7 cm³/mol. The number of halogens is 1. The van der Waals surface area contributed by atoms with Crippen LogP contribution in [0.3, 0.4) is 0 Å². The van der Waals surface area contributed by atoms with Gasteiger partial charge in [-0.25, -0.2) is 0 Å². The summed E-state index contributed by atoms with van der Waals surface area (Å²) >= 11 is 2.35. The number of nitrogens with one attached hydrogen (secondary N) is 1. The third-order valence-electron chi connectivity index (χ3n) is 4.49. The minimum atomic E-state index is 0.258. The van der Waals surface area contributed by atoms with Gasteiger partial charge in [0, 0.05) is 17.9 Å². The van der Waals surface area contributed by atoms with Gasteiger partial charge in [-0.05, 0) is 54.1 Å². The van der Waals surface area contributed by atoms with Gasteiger partial charge in [-0.1, -0.05) is 32.9 Å². The third kappa shape index (κ3) is 3.07. The molecule has 0 aliphatic heterocycles. The molecule has 1 aliphatic carbocycles. The lowest BCUT2D eigenvalue weighted by molar-refractivity contribution is -0.0705. The Kier molecular flexibility index (Phi) is 5.12. The highest BCUT2D eigenvalue weighted by Crippen LogP contribution is 2.46. The summed E-state index contributed by atoms with van der Waals surface area (Å²) in [6, 6.07) is 8.88. The Hall–Kier alpha value is -0.290. The minimum absolute atomic E-state index is 0.258. The number of ether oxygens (including phenoxy) is 1.